The SMILES string of the molecule is CNc1cc(N2CCc3c([C@@H]4CCN(CC5CCN(c6ccc7c(c6)n(C)c(=O)n7C6CCC(=O)NC6=O)CC5)C4)cccc32)nn2c(C(=O)NC3CC3)cnc12. The Bertz CT molecular complexity index is 2490. The lowest BCUT2D eigenvalue weighted by atomic mass is 9.92. The Kier molecular flexibility index (Phi) is 8.80. The van der Waals surface area contributed by atoms with E-state index >= 15 is 0 Å². The van der Waals surface area contributed by atoms with Crippen LogP contribution >= 0.6 is 0 Å². The molecule has 2 aromatic carbocycles. The standard InChI is InChI=1S/C42H49N11O4/c1-43-31-21-37(47-53-36(22-44-39(31)53)41(56)45-27-6-7-27)51-19-15-30-29(4-3-5-32(30)51)26-14-16-49(24-26)23-25-12-17-50(18-13-25)28-8-9-33-35(20-28)48(2)42(57)52(33)34-10-11-38(54)46-40(34)55/h3-5,8-9,20-22,25-27,34,43H,6-7,10-19,23-24H2,1-2H3,(H,45,56)(H,46,54,55)/t26-,34?/m1/s1. The summed E-state index contributed by atoms with van der Waals surface area (Å²) in [7, 11) is 3.62. The minimum atomic E-state index is -0.683. The van der Waals surface area contributed by atoms with Gasteiger partial charge in [0.05, 0.1) is 22.9 Å². The number of hydrogen-bond donors (Lipinski definition) is 3. The van der Waals surface area contributed by atoms with Crippen LogP contribution in [0.4, 0.5) is 22.9 Å². The average Bonchev–Trinajstić information content (AvgIpc) is 3.52. The molecule has 57 heavy (non-hydrogen) atoms. The third kappa shape index (κ3) is 6.32. The van der Waals surface area contributed by atoms with Crippen molar-refractivity contribution in [3.05, 3.63) is 76.0 Å². The Hall–Kier alpha value is -5.70. The predicted molar refractivity (Wildman–Crippen MR) is 218 cm³/mol. The highest BCUT2D eigenvalue weighted by Gasteiger charge is 2.34. The van der Waals surface area contributed by atoms with E-state index in [4.69, 9.17) is 5.10 Å². The fraction of sp³-hybridized carbons (Fsp3) is 0.476. The van der Waals surface area contributed by atoms with Gasteiger partial charge in [-0.3, -0.25) is 28.8 Å². The molecule has 15 nitrogen and oxygen atoms in total. The number of nitrogens with zero attached hydrogens (tertiary/aromatic N) is 8. The summed E-state index contributed by atoms with van der Waals surface area (Å²) >= 11 is 0. The first-order valence-corrected chi connectivity index (χ1v) is 20.5. The van der Waals surface area contributed by atoms with Gasteiger partial charge in [-0.2, -0.15) is 0 Å². The minimum Gasteiger partial charge on any atom is -0.385 e. The van der Waals surface area contributed by atoms with Crippen molar-refractivity contribution in [2.45, 2.75) is 69.4 Å². The van der Waals surface area contributed by atoms with Crippen LogP contribution in [0.1, 0.15) is 78.5 Å². The maximum Gasteiger partial charge on any atom is 0.329 e. The molecule has 3 aromatic heterocycles. The maximum atomic E-state index is 13.3. The van der Waals surface area contributed by atoms with Gasteiger partial charge in [0, 0.05) is 76.7 Å². The zero-order chi connectivity index (χ0) is 38.9. The highest BCUT2D eigenvalue weighted by atomic mass is 16.2. The van der Waals surface area contributed by atoms with E-state index in [2.05, 4.69) is 66.0 Å². The molecular formula is C42H49N11O4. The molecule has 2 atom stereocenters. The Labute approximate surface area is 330 Å². The first kappa shape index (κ1) is 35.7. The molecule has 296 valence electrons. The number of imide groups is 1. The molecule has 7 heterocycles. The van der Waals surface area contributed by atoms with E-state index in [1.165, 1.54) is 16.8 Å². The lowest BCUT2D eigenvalue weighted by Gasteiger charge is -2.35. The highest BCUT2D eigenvalue weighted by Crippen LogP contribution is 2.41. The van der Waals surface area contributed by atoms with E-state index in [1.54, 1.807) is 26.9 Å². The van der Waals surface area contributed by atoms with Crippen LogP contribution in [0.15, 0.2) is 53.5 Å². The van der Waals surface area contributed by atoms with Gasteiger partial charge in [0.2, 0.25) is 11.8 Å². The van der Waals surface area contributed by atoms with Crippen molar-refractivity contribution >= 4 is 57.3 Å². The van der Waals surface area contributed by atoms with Crippen molar-refractivity contribution in [1.29, 1.82) is 0 Å². The van der Waals surface area contributed by atoms with Gasteiger partial charge in [-0.15, -0.1) is 5.10 Å². The first-order valence-electron chi connectivity index (χ1n) is 20.5. The van der Waals surface area contributed by atoms with Crippen molar-refractivity contribution < 1.29 is 14.4 Å². The van der Waals surface area contributed by atoms with Crippen LogP contribution in [-0.2, 0) is 23.1 Å². The van der Waals surface area contributed by atoms with Gasteiger partial charge < -0.3 is 25.3 Å². The molecule has 3 amide bonds. The van der Waals surface area contributed by atoms with Gasteiger partial charge >= 0.3 is 5.69 Å². The molecule has 1 unspecified atom stereocenters. The fourth-order valence-corrected chi connectivity index (χ4v) is 9.76. The van der Waals surface area contributed by atoms with Crippen molar-refractivity contribution in [2.24, 2.45) is 13.0 Å². The molecule has 4 aliphatic heterocycles. The number of aromatic nitrogens is 5. The van der Waals surface area contributed by atoms with Crippen molar-refractivity contribution in [1.82, 2.24) is 39.3 Å². The number of fused-ring (bicyclic) bond motifs is 3. The van der Waals surface area contributed by atoms with Crippen LogP contribution in [0.5, 0.6) is 0 Å². The largest absolute Gasteiger partial charge is 0.385 e. The van der Waals surface area contributed by atoms with Crippen molar-refractivity contribution in [2.75, 3.05) is 61.4 Å². The second-order valence-electron chi connectivity index (χ2n) is 16.6. The summed E-state index contributed by atoms with van der Waals surface area (Å²) in [6.07, 6.45) is 8.53. The monoisotopic (exact) mass is 771 g/mol. The number of nitrogens with one attached hydrogen (secondary N) is 3. The third-order valence-corrected chi connectivity index (χ3v) is 13.0. The maximum absolute atomic E-state index is 13.3. The van der Waals surface area contributed by atoms with Crippen molar-refractivity contribution in [3.8, 4) is 0 Å². The smallest absolute Gasteiger partial charge is 0.329 e. The molecule has 5 aromatic rings. The number of amides is 3. The number of imidazole rings is 2. The molecular weight excluding hydrogens is 723 g/mol. The van der Waals surface area contributed by atoms with Gasteiger partial charge in [0.15, 0.2) is 17.2 Å². The Balaban J connectivity index is 0.792. The average molecular weight is 772 g/mol. The summed E-state index contributed by atoms with van der Waals surface area (Å²) in [6, 6.07) is 14.4. The number of benzene rings is 2. The number of carbonyl (C=O) groups excluding carboxylic acids is 3. The second-order valence-corrected chi connectivity index (χ2v) is 16.6. The van der Waals surface area contributed by atoms with Crippen molar-refractivity contribution in [3.63, 3.8) is 0 Å². The van der Waals surface area contributed by atoms with Gasteiger partial charge in [0.25, 0.3) is 5.91 Å². The number of carbonyl (C=O) groups is 3. The molecule has 0 radical (unpaired) electrons. The molecule has 5 aliphatic rings. The number of aryl methyl sites for hydroxylation is 1. The summed E-state index contributed by atoms with van der Waals surface area (Å²) in [5, 5.41) is 13.7. The summed E-state index contributed by atoms with van der Waals surface area (Å²) in [5.41, 5.74) is 8.34. The minimum absolute atomic E-state index is 0.135. The van der Waals surface area contributed by atoms with Gasteiger partial charge in [-0.1, -0.05) is 12.1 Å². The lowest BCUT2D eigenvalue weighted by Crippen LogP contribution is -2.44. The zero-order valence-corrected chi connectivity index (χ0v) is 32.5. The van der Waals surface area contributed by atoms with Crippen LogP contribution in [-0.4, -0.2) is 98.7 Å². The third-order valence-electron chi connectivity index (χ3n) is 13.0. The first-order chi connectivity index (χ1) is 27.7. The van der Waals surface area contributed by atoms with Crippen LogP contribution < -0.4 is 31.4 Å². The number of likely N-dealkylation sites (tertiary alicyclic amines) is 1. The zero-order valence-electron chi connectivity index (χ0n) is 32.5. The number of anilines is 4. The highest BCUT2D eigenvalue weighted by molar-refractivity contribution is 6.00. The summed E-state index contributed by atoms with van der Waals surface area (Å²) in [4.78, 5) is 62.6. The Morgan fingerprint density at radius 2 is 1.77 bits per heavy atom. The van der Waals surface area contributed by atoms with Crippen LogP contribution in [0.3, 0.4) is 0 Å². The van der Waals surface area contributed by atoms with E-state index < -0.39 is 11.9 Å². The topological polar surface area (TPSA) is 154 Å². The fourth-order valence-electron chi connectivity index (χ4n) is 9.76. The van der Waals surface area contributed by atoms with Gasteiger partial charge in [-0.25, -0.2) is 14.3 Å². The van der Waals surface area contributed by atoms with E-state index in [-0.39, 0.29) is 30.0 Å². The molecule has 1 saturated carbocycles. The second kappa shape index (κ2) is 14.0. The molecule has 0 spiro atoms. The van der Waals surface area contributed by atoms with E-state index in [0.717, 1.165) is 106 Å². The molecule has 0 bridgehead atoms. The van der Waals surface area contributed by atoms with Crippen LogP contribution in [0, 0.1) is 5.92 Å². The van der Waals surface area contributed by atoms with E-state index in [0.29, 0.717) is 29.6 Å². The molecule has 3 N–H and O–H groups in total. The Morgan fingerprint density at radius 3 is 2.56 bits per heavy atom. The molecule has 3 saturated heterocycles. The number of hydrogen-bond acceptors (Lipinski definition) is 10. The number of piperidine rings is 2. The quantitative estimate of drug-likeness (QED) is 0.189. The van der Waals surface area contributed by atoms with Gasteiger partial charge in [-0.05, 0) is 98.7 Å². The normalized spacial score (nSPS) is 21.8. The molecule has 10 rings (SSSR count). The van der Waals surface area contributed by atoms with E-state index in [1.807, 2.05) is 19.2 Å². The summed E-state index contributed by atoms with van der Waals surface area (Å²) in [5.74, 6) is 1.07. The van der Waals surface area contributed by atoms with Crippen LogP contribution in [0.25, 0.3) is 16.7 Å². The predicted octanol–water partition coefficient (Wildman–Crippen LogP) is 3.69. The summed E-state index contributed by atoms with van der Waals surface area (Å²) < 4.78 is 4.84. The van der Waals surface area contributed by atoms with Crippen LogP contribution in [0.2, 0.25) is 0 Å². The molecule has 1 aliphatic carbocycles. The lowest BCUT2D eigenvalue weighted by molar-refractivity contribution is -0.135. The molecule has 15 heteroatoms. The van der Waals surface area contributed by atoms with E-state index in [9.17, 15) is 19.2 Å². The summed E-state index contributed by atoms with van der Waals surface area (Å²) in [6.45, 7) is 6.01. The number of rotatable bonds is 9. The van der Waals surface area contributed by atoms with Gasteiger partial charge in [0.1, 0.15) is 6.04 Å². The molecule has 4 fully saturated rings. The Morgan fingerprint density at radius 1 is 0.930 bits per heavy atom.